The lowest BCUT2D eigenvalue weighted by Gasteiger charge is -2.29. The molecule has 1 saturated heterocycles. The molecule has 8 nitrogen and oxygen atoms in total. The number of halogens is 1. The molecular formula is C20H27FN4O4. The van der Waals surface area contributed by atoms with Crippen LogP contribution in [-0.4, -0.2) is 57.5 Å². The fourth-order valence-electron chi connectivity index (χ4n) is 4.27. The highest BCUT2D eigenvalue weighted by Gasteiger charge is 2.38. The van der Waals surface area contributed by atoms with Crippen LogP contribution in [0.3, 0.4) is 0 Å². The predicted octanol–water partition coefficient (Wildman–Crippen LogP) is 1.48. The van der Waals surface area contributed by atoms with Crippen LogP contribution in [0.15, 0.2) is 18.3 Å². The van der Waals surface area contributed by atoms with E-state index >= 15 is 0 Å². The van der Waals surface area contributed by atoms with Crippen LogP contribution in [0.4, 0.5) is 4.39 Å². The van der Waals surface area contributed by atoms with Crippen LogP contribution in [0.2, 0.25) is 0 Å². The number of ketones is 1. The van der Waals surface area contributed by atoms with Gasteiger partial charge in [0.15, 0.2) is 5.78 Å². The van der Waals surface area contributed by atoms with Gasteiger partial charge in [-0.1, -0.05) is 25.7 Å². The van der Waals surface area contributed by atoms with Gasteiger partial charge in [-0.05, 0) is 30.9 Å². The molecule has 2 N–H and O–H groups in total. The summed E-state index contributed by atoms with van der Waals surface area (Å²) >= 11 is 0. The van der Waals surface area contributed by atoms with Gasteiger partial charge in [-0.2, -0.15) is 0 Å². The van der Waals surface area contributed by atoms with Gasteiger partial charge in [0.1, 0.15) is 11.9 Å². The molecule has 2 amide bonds. The number of pyridine rings is 1. The first-order valence-corrected chi connectivity index (χ1v) is 10.1. The van der Waals surface area contributed by atoms with Crippen LogP contribution in [0.5, 0.6) is 0 Å². The number of Topliss-reactive ketones (excluding diaryl/α,β-unsaturated/α-hetero) is 1. The lowest BCUT2D eigenvalue weighted by Crippen LogP contribution is -2.51. The Morgan fingerprint density at radius 3 is 2.76 bits per heavy atom. The highest BCUT2D eigenvalue weighted by atomic mass is 19.1. The fourth-order valence-corrected chi connectivity index (χ4v) is 4.27. The molecule has 3 rings (SSSR count). The lowest BCUT2D eigenvalue weighted by molar-refractivity contribution is -0.159. The van der Waals surface area contributed by atoms with Crippen molar-refractivity contribution in [2.24, 2.45) is 11.8 Å². The summed E-state index contributed by atoms with van der Waals surface area (Å²) in [4.78, 5) is 40.7. The molecule has 1 aliphatic heterocycles. The van der Waals surface area contributed by atoms with E-state index in [2.05, 4.69) is 10.4 Å². The molecule has 2 aliphatic rings. The van der Waals surface area contributed by atoms with E-state index < -0.39 is 17.8 Å². The molecule has 1 aliphatic carbocycles. The Balaban J connectivity index is 1.68. The van der Waals surface area contributed by atoms with E-state index in [-0.39, 0.29) is 31.1 Å². The van der Waals surface area contributed by atoms with Crippen molar-refractivity contribution in [1.82, 2.24) is 20.5 Å². The van der Waals surface area contributed by atoms with E-state index in [0.717, 1.165) is 31.9 Å². The lowest BCUT2D eigenvalue weighted by atomic mass is 9.91. The van der Waals surface area contributed by atoms with Crippen LogP contribution in [0.25, 0.3) is 0 Å². The van der Waals surface area contributed by atoms with Gasteiger partial charge in [0, 0.05) is 12.2 Å². The number of hydrogen-bond donors (Lipinski definition) is 2. The number of hydrogen-bond acceptors (Lipinski definition) is 6. The Morgan fingerprint density at radius 2 is 2.10 bits per heavy atom. The number of nitrogens with zero attached hydrogens (tertiary/aromatic N) is 3. The average molecular weight is 406 g/mol. The van der Waals surface area contributed by atoms with E-state index in [0.29, 0.717) is 36.1 Å². The Hall–Kier alpha value is -2.39. The summed E-state index contributed by atoms with van der Waals surface area (Å²) in [6.45, 7) is 0.378. The summed E-state index contributed by atoms with van der Waals surface area (Å²) in [6, 6.07) is 2.06. The van der Waals surface area contributed by atoms with Crippen molar-refractivity contribution < 1.29 is 24.0 Å². The van der Waals surface area contributed by atoms with E-state index in [9.17, 15) is 24.0 Å². The SMILES string of the molecule is O=CN(O)C[C@@H](CC1CCCC1)C(=O)N1NCC[C@H]1C(=O)Cc1ccc(F)cn1. The molecule has 0 aromatic carbocycles. The molecule has 0 bridgehead atoms. The van der Waals surface area contributed by atoms with Crippen molar-refractivity contribution in [3.05, 3.63) is 29.8 Å². The number of amides is 2. The Bertz CT molecular complexity index is 724. The molecule has 2 atom stereocenters. The summed E-state index contributed by atoms with van der Waals surface area (Å²) in [5.74, 6) is -1.15. The van der Waals surface area contributed by atoms with Gasteiger partial charge in [-0.3, -0.25) is 29.6 Å². The van der Waals surface area contributed by atoms with Gasteiger partial charge in [0.05, 0.1) is 25.1 Å². The number of hydrazine groups is 1. The van der Waals surface area contributed by atoms with Crippen LogP contribution in [0.1, 0.15) is 44.2 Å². The summed E-state index contributed by atoms with van der Waals surface area (Å²) in [5, 5.41) is 11.5. The number of rotatable bonds is 9. The van der Waals surface area contributed by atoms with Crippen LogP contribution in [0, 0.1) is 17.7 Å². The quantitative estimate of drug-likeness (QED) is 0.366. The van der Waals surface area contributed by atoms with Gasteiger partial charge in [0.2, 0.25) is 12.3 Å². The van der Waals surface area contributed by atoms with E-state index in [1.165, 1.54) is 17.1 Å². The number of aromatic nitrogens is 1. The van der Waals surface area contributed by atoms with Crippen molar-refractivity contribution in [3.8, 4) is 0 Å². The minimum atomic E-state index is -0.649. The molecule has 0 spiro atoms. The normalized spacial score (nSPS) is 20.6. The zero-order valence-corrected chi connectivity index (χ0v) is 16.3. The number of carbonyl (C=O) groups is 3. The Labute approximate surface area is 169 Å². The van der Waals surface area contributed by atoms with E-state index in [4.69, 9.17) is 0 Å². The summed E-state index contributed by atoms with van der Waals surface area (Å²) in [6.07, 6.45) is 6.70. The molecule has 1 aromatic rings. The summed E-state index contributed by atoms with van der Waals surface area (Å²) in [5.41, 5.74) is 3.42. The zero-order chi connectivity index (χ0) is 20.8. The Morgan fingerprint density at radius 1 is 1.34 bits per heavy atom. The molecule has 2 heterocycles. The molecule has 1 saturated carbocycles. The van der Waals surface area contributed by atoms with Crippen molar-refractivity contribution in [2.45, 2.75) is 51.0 Å². The highest BCUT2D eigenvalue weighted by molar-refractivity contribution is 5.91. The number of hydroxylamine groups is 2. The third kappa shape index (κ3) is 5.57. The van der Waals surface area contributed by atoms with Crippen LogP contribution >= 0.6 is 0 Å². The fraction of sp³-hybridized carbons (Fsp3) is 0.600. The molecular weight excluding hydrogens is 379 g/mol. The van der Waals surface area contributed by atoms with Crippen LogP contribution in [-0.2, 0) is 20.8 Å². The summed E-state index contributed by atoms with van der Waals surface area (Å²) in [7, 11) is 0. The summed E-state index contributed by atoms with van der Waals surface area (Å²) < 4.78 is 13.0. The highest BCUT2D eigenvalue weighted by Crippen LogP contribution is 2.31. The zero-order valence-electron chi connectivity index (χ0n) is 16.3. The van der Waals surface area contributed by atoms with Crippen molar-refractivity contribution >= 4 is 18.1 Å². The maximum absolute atomic E-state index is 13.2. The van der Waals surface area contributed by atoms with Gasteiger partial charge < -0.3 is 0 Å². The average Bonchev–Trinajstić information content (AvgIpc) is 3.40. The second-order valence-corrected chi connectivity index (χ2v) is 7.84. The van der Waals surface area contributed by atoms with E-state index in [1.54, 1.807) is 0 Å². The third-order valence-corrected chi connectivity index (χ3v) is 5.74. The topological polar surface area (TPSA) is 103 Å². The molecule has 1 aromatic heterocycles. The standard InChI is InChI=1S/C20H27FN4O4/c21-16-5-6-17(22-11-16)10-19(27)18-7-8-23-25(18)20(28)15(12-24(29)13-26)9-14-3-1-2-4-14/h5-6,11,13-15,18,23,29H,1-4,7-10,12H2/t15-,18+/m1/s1. The minimum Gasteiger partial charge on any atom is -0.297 e. The second kappa shape index (κ2) is 9.89. The van der Waals surface area contributed by atoms with Gasteiger partial charge in [-0.15, -0.1) is 0 Å². The molecule has 0 unspecified atom stereocenters. The van der Waals surface area contributed by atoms with Gasteiger partial charge in [-0.25, -0.2) is 14.9 Å². The second-order valence-electron chi connectivity index (χ2n) is 7.84. The first-order chi connectivity index (χ1) is 14.0. The number of nitrogens with one attached hydrogen (secondary N) is 1. The predicted molar refractivity (Wildman–Crippen MR) is 101 cm³/mol. The third-order valence-electron chi connectivity index (χ3n) is 5.74. The molecule has 0 radical (unpaired) electrons. The van der Waals surface area contributed by atoms with Gasteiger partial charge >= 0.3 is 0 Å². The van der Waals surface area contributed by atoms with Crippen molar-refractivity contribution in [3.63, 3.8) is 0 Å². The van der Waals surface area contributed by atoms with Crippen molar-refractivity contribution in [2.75, 3.05) is 13.1 Å². The maximum Gasteiger partial charge on any atom is 0.242 e. The largest absolute Gasteiger partial charge is 0.297 e. The minimum absolute atomic E-state index is 0.00413. The van der Waals surface area contributed by atoms with Crippen molar-refractivity contribution in [1.29, 1.82) is 0 Å². The monoisotopic (exact) mass is 406 g/mol. The van der Waals surface area contributed by atoms with E-state index in [1.807, 2.05) is 0 Å². The molecule has 158 valence electrons. The Kier molecular flexibility index (Phi) is 7.27. The number of carbonyl (C=O) groups excluding carboxylic acids is 3. The van der Waals surface area contributed by atoms with Gasteiger partial charge in [0.25, 0.3) is 0 Å². The molecule has 29 heavy (non-hydrogen) atoms. The first kappa shape index (κ1) is 21.3. The first-order valence-electron chi connectivity index (χ1n) is 10.1. The molecule has 9 heteroatoms. The van der Waals surface area contributed by atoms with Crippen LogP contribution < -0.4 is 5.43 Å². The smallest absolute Gasteiger partial charge is 0.242 e. The maximum atomic E-state index is 13.2. The molecule has 2 fully saturated rings.